The molecule has 2 unspecified atom stereocenters. The van der Waals surface area contributed by atoms with Crippen LogP contribution in [0.4, 0.5) is 10.5 Å². The molecular weight excluding hydrogens is 312 g/mol. The van der Waals surface area contributed by atoms with E-state index in [9.17, 15) is 19.2 Å². The second kappa shape index (κ2) is 5.05. The molecule has 3 heterocycles. The summed E-state index contributed by atoms with van der Waals surface area (Å²) < 4.78 is 0. The molecule has 4 rings (SSSR count). The van der Waals surface area contributed by atoms with E-state index in [1.165, 1.54) is 0 Å². The Hall–Kier alpha value is -2.90. The van der Waals surface area contributed by atoms with Crippen molar-refractivity contribution in [2.24, 2.45) is 0 Å². The van der Waals surface area contributed by atoms with Gasteiger partial charge >= 0.3 is 6.03 Å². The van der Waals surface area contributed by atoms with Gasteiger partial charge in [-0.25, -0.2) is 4.79 Å². The fraction of sp³-hybridized carbons (Fsp3) is 0.375. The van der Waals surface area contributed by atoms with E-state index < -0.39 is 23.5 Å². The number of nitrogens with zero attached hydrogens (tertiary/aromatic N) is 1. The van der Waals surface area contributed by atoms with Crippen LogP contribution in [0.1, 0.15) is 24.8 Å². The molecule has 0 bridgehead atoms. The van der Waals surface area contributed by atoms with Gasteiger partial charge in [-0.2, -0.15) is 0 Å². The molecule has 3 N–H and O–H groups in total. The number of carbonyl (C=O) groups excluding carboxylic acids is 4. The maximum absolute atomic E-state index is 12.8. The maximum atomic E-state index is 12.8. The number of nitrogens with one attached hydrogen (secondary N) is 3. The number of para-hydroxylation sites is 1. The summed E-state index contributed by atoms with van der Waals surface area (Å²) in [5.41, 5.74) is 0.0492. The van der Waals surface area contributed by atoms with Crippen molar-refractivity contribution in [3.8, 4) is 0 Å². The molecule has 0 aliphatic carbocycles. The molecule has 1 aromatic carbocycles. The lowest BCUT2D eigenvalue weighted by molar-refractivity contribution is -0.126. The van der Waals surface area contributed by atoms with Crippen LogP contribution >= 0.6 is 0 Å². The molecule has 1 aromatic rings. The highest BCUT2D eigenvalue weighted by Crippen LogP contribution is 2.40. The monoisotopic (exact) mass is 328 g/mol. The molecule has 2 saturated heterocycles. The minimum Gasteiger partial charge on any atom is -0.344 e. The second-order valence-corrected chi connectivity index (χ2v) is 6.23. The highest BCUT2D eigenvalue weighted by molar-refractivity contribution is 6.10. The highest BCUT2D eigenvalue weighted by atomic mass is 16.2. The van der Waals surface area contributed by atoms with Crippen molar-refractivity contribution in [3.05, 3.63) is 29.8 Å². The zero-order valence-electron chi connectivity index (χ0n) is 12.8. The first-order valence-electron chi connectivity index (χ1n) is 7.85. The molecule has 3 aliphatic heterocycles. The topological polar surface area (TPSA) is 108 Å². The SMILES string of the molecule is O=C1CCC(C(=O)N2CCC3(NC(=O)NC3=O)c3ccccc32)N1. The Morgan fingerprint density at radius 1 is 1.21 bits per heavy atom. The van der Waals surface area contributed by atoms with Crippen molar-refractivity contribution in [2.45, 2.75) is 30.8 Å². The molecule has 0 aromatic heterocycles. The first-order chi connectivity index (χ1) is 11.5. The fourth-order valence-electron chi connectivity index (χ4n) is 3.68. The van der Waals surface area contributed by atoms with Crippen LogP contribution in [0.2, 0.25) is 0 Å². The predicted molar refractivity (Wildman–Crippen MR) is 82.9 cm³/mol. The van der Waals surface area contributed by atoms with Crippen LogP contribution in [-0.2, 0) is 19.9 Å². The second-order valence-electron chi connectivity index (χ2n) is 6.23. The number of amides is 5. The van der Waals surface area contributed by atoms with Crippen LogP contribution in [0, 0.1) is 0 Å². The average Bonchev–Trinajstić information content (AvgIpc) is 3.12. The molecule has 0 radical (unpaired) electrons. The van der Waals surface area contributed by atoms with Gasteiger partial charge in [0, 0.05) is 30.6 Å². The van der Waals surface area contributed by atoms with E-state index in [1.807, 2.05) is 0 Å². The van der Waals surface area contributed by atoms with Crippen LogP contribution < -0.4 is 20.9 Å². The van der Waals surface area contributed by atoms with Gasteiger partial charge in [-0.05, 0) is 12.5 Å². The minimum atomic E-state index is -1.14. The largest absolute Gasteiger partial charge is 0.344 e. The summed E-state index contributed by atoms with van der Waals surface area (Å²) >= 11 is 0. The summed E-state index contributed by atoms with van der Waals surface area (Å²) in [5, 5.41) is 7.66. The Labute approximate surface area is 137 Å². The smallest absolute Gasteiger partial charge is 0.322 e. The van der Waals surface area contributed by atoms with Gasteiger partial charge < -0.3 is 15.5 Å². The van der Waals surface area contributed by atoms with E-state index in [1.54, 1.807) is 29.2 Å². The number of carbonyl (C=O) groups is 4. The molecule has 8 nitrogen and oxygen atoms in total. The Kier molecular flexibility index (Phi) is 3.09. The van der Waals surface area contributed by atoms with Crippen LogP contribution in [0.25, 0.3) is 0 Å². The van der Waals surface area contributed by atoms with Gasteiger partial charge in [-0.3, -0.25) is 19.7 Å². The van der Waals surface area contributed by atoms with Crippen LogP contribution in [-0.4, -0.2) is 36.3 Å². The number of imide groups is 1. The number of anilines is 1. The van der Waals surface area contributed by atoms with Crippen molar-refractivity contribution >= 4 is 29.4 Å². The van der Waals surface area contributed by atoms with E-state index >= 15 is 0 Å². The van der Waals surface area contributed by atoms with Crippen molar-refractivity contribution in [2.75, 3.05) is 11.4 Å². The van der Waals surface area contributed by atoms with Gasteiger partial charge in [0.2, 0.25) is 11.8 Å². The standard InChI is InChI=1S/C16H16N4O4/c21-12-6-5-10(17-12)13(22)20-8-7-16(14(23)18-15(24)19-16)9-3-1-2-4-11(9)20/h1-4,10H,5-8H2,(H,17,21)(H2,18,19,23,24). The van der Waals surface area contributed by atoms with Crippen LogP contribution in [0.3, 0.4) is 0 Å². The number of rotatable bonds is 1. The third-order valence-corrected chi connectivity index (χ3v) is 4.87. The van der Waals surface area contributed by atoms with Gasteiger partial charge in [-0.1, -0.05) is 18.2 Å². The maximum Gasteiger partial charge on any atom is 0.322 e. The zero-order valence-corrected chi connectivity index (χ0v) is 12.8. The van der Waals surface area contributed by atoms with E-state index in [2.05, 4.69) is 16.0 Å². The normalized spacial score (nSPS) is 28.4. The first-order valence-corrected chi connectivity index (χ1v) is 7.85. The third kappa shape index (κ3) is 1.99. The van der Waals surface area contributed by atoms with Gasteiger partial charge in [0.15, 0.2) is 0 Å². The number of hydrogen-bond donors (Lipinski definition) is 3. The number of fused-ring (bicyclic) bond motifs is 2. The Morgan fingerprint density at radius 3 is 2.67 bits per heavy atom. The molecule has 124 valence electrons. The fourth-order valence-corrected chi connectivity index (χ4v) is 3.68. The molecule has 1 spiro atoms. The van der Waals surface area contributed by atoms with Crippen LogP contribution in [0.15, 0.2) is 24.3 Å². The number of benzene rings is 1. The summed E-state index contributed by atoms with van der Waals surface area (Å²) in [7, 11) is 0. The van der Waals surface area contributed by atoms with E-state index in [4.69, 9.17) is 0 Å². The molecule has 0 saturated carbocycles. The lowest BCUT2D eigenvalue weighted by Crippen LogP contribution is -2.54. The van der Waals surface area contributed by atoms with Gasteiger partial charge in [0.25, 0.3) is 5.91 Å². The molecular formula is C16H16N4O4. The van der Waals surface area contributed by atoms with E-state index in [0.29, 0.717) is 24.1 Å². The molecule has 8 heteroatoms. The Balaban J connectivity index is 1.72. The van der Waals surface area contributed by atoms with Crippen LogP contribution in [0.5, 0.6) is 0 Å². The van der Waals surface area contributed by atoms with Crippen molar-refractivity contribution in [1.82, 2.24) is 16.0 Å². The summed E-state index contributed by atoms with van der Waals surface area (Å²) in [6.07, 6.45) is 1.10. The summed E-state index contributed by atoms with van der Waals surface area (Å²) in [6.45, 7) is 0.288. The molecule has 2 atom stereocenters. The molecule has 5 amide bonds. The predicted octanol–water partition coefficient (Wildman–Crippen LogP) is -0.263. The van der Waals surface area contributed by atoms with Crippen molar-refractivity contribution < 1.29 is 19.2 Å². The first kappa shape index (κ1) is 14.7. The van der Waals surface area contributed by atoms with Gasteiger partial charge in [0.05, 0.1) is 0 Å². The highest BCUT2D eigenvalue weighted by Gasteiger charge is 2.52. The van der Waals surface area contributed by atoms with Gasteiger partial charge in [0.1, 0.15) is 11.6 Å². The lowest BCUT2D eigenvalue weighted by Gasteiger charge is -2.39. The summed E-state index contributed by atoms with van der Waals surface area (Å²) in [6, 6.07) is 5.98. The molecule has 24 heavy (non-hydrogen) atoms. The Morgan fingerprint density at radius 2 is 2.00 bits per heavy atom. The third-order valence-electron chi connectivity index (χ3n) is 4.87. The number of urea groups is 1. The Bertz CT molecular complexity index is 777. The minimum absolute atomic E-state index is 0.127. The van der Waals surface area contributed by atoms with Gasteiger partial charge in [-0.15, -0.1) is 0 Å². The quantitative estimate of drug-likeness (QED) is 0.617. The van der Waals surface area contributed by atoms with Crippen molar-refractivity contribution in [1.29, 1.82) is 0 Å². The average molecular weight is 328 g/mol. The zero-order chi connectivity index (χ0) is 16.9. The summed E-state index contributed by atoms with van der Waals surface area (Å²) in [5.74, 6) is -0.716. The lowest BCUT2D eigenvalue weighted by atomic mass is 9.82. The molecule has 2 fully saturated rings. The van der Waals surface area contributed by atoms with E-state index in [0.717, 1.165) is 0 Å². The molecule has 3 aliphatic rings. The van der Waals surface area contributed by atoms with Crippen molar-refractivity contribution in [3.63, 3.8) is 0 Å². The summed E-state index contributed by atoms with van der Waals surface area (Å²) in [4.78, 5) is 49.7. The van der Waals surface area contributed by atoms with E-state index in [-0.39, 0.29) is 24.8 Å². The number of hydrogen-bond acceptors (Lipinski definition) is 4.